The summed E-state index contributed by atoms with van der Waals surface area (Å²) < 4.78 is 0. The molecule has 1 amide bonds. The molecule has 0 fully saturated rings. The van der Waals surface area contributed by atoms with E-state index in [4.69, 9.17) is 0 Å². The first kappa shape index (κ1) is 13.5. The highest BCUT2D eigenvalue weighted by molar-refractivity contribution is 7.14. The molecule has 0 unspecified atom stereocenters. The van der Waals surface area contributed by atoms with Crippen molar-refractivity contribution in [1.82, 2.24) is 4.98 Å². The van der Waals surface area contributed by atoms with Gasteiger partial charge >= 0.3 is 0 Å². The number of carbonyl (C=O) groups excluding carboxylic acids is 1. The summed E-state index contributed by atoms with van der Waals surface area (Å²) in [5.74, 6) is 0.0568. The third-order valence-corrected chi connectivity index (χ3v) is 3.52. The molecular formula is C14H17N3OS. The molecule has 2 rings (SSSR count). The molecule has 0 spiro atoms. The van der Waals surface area contributed by atoms with Gasteiger partial charge in [-0.15, -0.1) is 11.3 Å². The lowest BCUT2D eigenvalue weighted by Crippen LogP contribution is -2.10. The Morgan fingerprint density at radius 1 is 1.32 bits per heavy atom. The van der Waals surface area contributed by atoms with Crippen LogP contribution >= 0.6 is 11.3 Å². The molecule has 5 heteroatoms. The molecule has 0 saturated carbocycles. The summed E-state index contributed by atoms with van der Waals surface area (Å²) in [6.07, 6.45) is 1.41. The van der Waals surface area contributed by atoms with Crippen molar-refractivity contribution in [1.29, 1.82) is 0 Å². The average molecular weight is 275 g/mol. The van der Waals surface area contributed by atoms with Crippen molar-refractivity contribution in [2.24, 2.45) is 0 Å². The first-order valence-electron chi connectivity index (χ1n) is 6.26. The molecule has 0 aliphatic carbocycles. The van der Waals surface area contributed by atoms with Crippen LogP contribution < -0.4 is 10.6 Å². The Balaban J connectivity index is 2.07. The average Bonchev–Trinajstić information content (AvgIpc) is 2.88. The number of benzene rings is 1. The summed E-state index contributed by atoms with van der Waals surface area (Å²) in [7, 11) is 1.86. The number of hydrogen-bond acceptors (Lipinski definition) is 4. The quantitative estimate of drug-likeness (QED) is 0.876. The van der Waals surface area contributed by atoms with Crippen LogP contribution in [0.1, 0.15) is 19.8 Å². The molecule has 0 bridgehead atoms. The summed E-state index contributed by atoms with van der Waals surface area (Å²) in [5, 5.41) is 8.80. The number of aromatic nitrogens is 1. The molecule has 0 radical (unpaired) electrons. The molecule has 2 aromatic rings. The maximum absolute atomic E-state index is 11.5. The van der Waals surface area contributed by atoms with E-state index < -0.39 is 0 Å². The molecule has 0 aliphatic rings. The highest BCUT2D eigenvalue weighted by atomic mass is 32.1. The molecule has 1 aromatic heterocycles. The van der Waals surface area contributed by atoms with E-state index >= 15 is 0 Å². The van der Waals surface area contributed by atoms with Gasteiger partial charge in [-0.05, 0) is 18.6 Å². The number of thiazole rings is 1. The van der Waals surface area contributed by atoms with E-state index in [1.807, 2.05) is 43.6 Å². The van der Waals surface area contributed by atoms with Gasteiger partial charge in [-0.3, -0.25) is 4.79 Å². The van der Waals surface area contributed by atoms with Gasteiger partial charge in [-0.1, -0.05) is 19.1 Å². The Hall–Kier alpha value is -1.88. The number of anilines is 2. The van der Waals surface area contributed by atoms with Crippen LogP contribution in [-0.2, 0) is 4.79 Å². The van der Waals surface area contributed by atoms with Crippen molar-refractivity contribution in [3.63, 3.8) is 0 Å². The van der Waals surface area contributed by atoms with E-state index in [9.17, 15) is 4.79 Å². The molecule has 100 valence electrons. The van der Waals surface area contributed by atoms with Crippen LogP contribution in [0.2, 0.25) is 0 Å². The lowest BCUT2D eigenvalue weighted by atomic mass is 10.1. The Kier molecular flexibility index (Phi) is 4.52. The fourth-order valence-corrected chi connectivity index (χ4v) is 2.38. The number of rotatable bonds is 5. The lowest BCUT2D eigenvalue weighted by Gasteiger charge is -2.04. The van der Waals surface area contributed by atoms with Crippen molar-refractivity contribution in [3.8, 4) is 11.3 Å². The van der Waals surface area contributed by atoms with Gasteiger partial charge in [0.2, 0.25) is 5.91 Å². The van der Waals surface area contributed by atoms with Gasteiger partial charge in [-0.25, -0.2) is 4.98 Å². The van der Waals surface area contributed by atoms with E-state index in [2.05, 4.69) is 15.6 Å². The zero-order valence-electron chi connectivity index (χ0n) is 11.1. The third kappa shape index (κ3) is 3.54. The van der Waals surface area contributed by atoms with E-state index in [1.54, 1.807) is 11.3 Å². The van der Waals surface area contributed by atoms with Gasteiger partial charge in [0.05, 0.1) is 5.69 Å². The fraction of sp³-hybridized carbons (Fsp3) is 0.286. The number of nitrogens with one attached hydrogen (secondary N) is 2. The topological polar surface area (TPSA) is 54.0 Å². The van der Waals surface area contributed by atoms with Crippen LogP contribution in [-0.4, -0.2) is 17.9 Å². The minimum Gasteiger partial charge on any atom is -0.365 e. The summed E-state index contributed by atoms with van der Waals surface area (Å²) in [4.78, 5) is 15.9. The van der Waals surface area contributed by atoms with E-state index in [1.165, 1.54) is 0 Å². The molecule has 0 aliphatic heterocycles. The van der Waals surface area contributed by atoms with Crippen LogP contribution in [0, 0.1) is 0 Å². The molecule has 19 heavy (non-hydrogen) atoms. The third-order valence-electron chi connectivity index (χ3n) is 2.66. The summed E-state index contributed by atoms with van der Waals surface area (Å²) >= 11 is 1.57. The second kappa shape index (κ2) is 6.33. The van der Waals surface area contributed by atoms with Crippen molar-refractivity contribution >= 4 is 28.1 Å². The van der Waals surface area contributed by atoms with Gasteiger partial charge in [0.1, 0.15) is 0 Å². The maximum Gasteiger partial charge on any atom is 0.224 e. The van der Waals surface area contributed by atoms with Crippen LogP contribution in [0.15, 0.2) is 29.6 Å². The van der Waals surface area contributed by atoms with Crippen molar-refractivity contribution in [3.05, 3.63) is 29.6 Å². The second-order valence-corrected chi connectivity index (χ2v) is 5.02. The smallest absolute Gasteiger partial charge is 0.224 e. The largest absolute Gasteiger partial charge is 0.365 e. The molecule has 1 aromatic carbocycles. The van der Waals surface area contributed by atoms with E-state index in [0.717, 1.165) is 28.5 Å². The number of carbonyl (C=O) groups is 1. The van der Waals surface area contributed by atoms with Gasteiger partial charge in [0, 0.05) is 30.1 Å². The predicted molar refractivity (Wildman–Crippen MR) is 80.6 cm³/mol. The second-order valence-electron chi connectivity index (χ2n) is 4.16. The summed E-state index contributed by atoms with van der Waals surface area (Å²) in [5.41, 5.74) is 2.82. The Morgan fingerprint density at radius 3 is 2.63 bits per heavy atom. The Labute approximate surface area is 116 Å². The Bertz CT molecular complexity index is 548. The van der Waals surface area contributed by atoms with Crippen molar-refractivity contribution in [2.75, 3.05) is 17.7 Å². The van der Waals surface area contributed by atoms with Crippen LogP contribution in [0.5, 0.6) is 0 Å². The standard InChI is InChI=1S/C14H17N3OS/c1-3-4-13(18)16-11-7-5-10(6-8-11)12-9-19-14(15-2)17-12/h5-9H,3-4H2,1-2H3,(H,15,17)(H,16,18). The molecule has 0 saturated heterocycles. The summed E-state index contributed by atoms with van der Waals surface area (Å²) in [6, 6.07) is 7.74. The number of hydrogen-bond donors (Lipinski definition) is 2. The maximum atomic E-state index is 11.5. The van der Waals surface area contributed by atoms with Crippen LogP contribution in [0.3, 0.4) is 0 Å². The van der Waals surface area contributed by atoms with E-state index in [-0.39, 0.29) is 5.91 Å². The van der Waals surface area contributed by atoms with E-state index in [0.29, 0.717) is 6.42 Å². The van der Waals surface area contributed by atoms with Gasteiger partial charge < -0.3 is 10.6 Å². The molecule has 0 atom stereocenters. The SMILES string of the molecule is CCCC(=O)Nc1ccc(-c2csc(NC)n2)cc1. The molecule has 4 nitrogen and oxygen atoms in total. The van der Waals surface area contributed by atoms with Crippen molar-refractivity contribution < 1.29 is 4.79 Å². The zero-order chi connectivity index (χ0) is 13.7. The van der Waals surface area contributed by atoms with Crippen LogP contribution in [0.25, 0.3) is 11.3 Å². The van der Waals surface area contributed by atoms with Gasteiger partial charge in [0.25, 0.3) is 0 Å². The van der Waals surface area contributed by atoms with Crippen LogP contribution in [0.4, 0.5) is 10.8 Å². The molecular weight excluding hydrogens is 258 g/mol. The Morgan fingerprint density at radius 2 is 2.05 bits per heavy atom. The highest BCUT2D eigenvalue weighted by Gasteiger charge is 2.04. The number of nitrogens with zero attached hydrogens (tertiary/aromatic N) is 1. The minimum atomic E-state index is 0.0568. The monoisotopic (exact) mass is 275 g/mol. The fourth-order valence-electron chi connectivity index (χ4n) is 1.70. The molecule has 2 N–H and O–H groups in total. The number of amides is 1. The lowest BCUT2D eigenvalue weighted by molar-refractivity contribution is -0.116. The predicted octanol–water partition coefficient (Wildman–Crippen LogP) is 3.59. The zero-order valence-corrected chi connectivity index (χ0v) is 11.9. The first-order valence-corrected chi connectivity index (χ1v) is 7.14. The normalized spacial score (nSPS) is 10.2. The molecule has 1 heterocycles. The highest BCUT2D eigenvalue weighted by Crippen LogP contribution is 2.25. The first-order chi connectivity index (χ1) is 9.22. The summed E-state index contributed by atoms with van der Waals surface area (Å²) in [6.45, 7) is 1.99. The van der Waals surface area contributed by atoms with Crippen molar-refractivity contribution in [2.45, 2.75) is 19.8 Å². The van der Waals surface area contributed by atoms with Gasteiger partial charge in [0.15, 0.2) is 5.13 Å². The minimum absolute atomic E-state index is 0.0568. The van der Waals surface area contributed by atoms with Gasteiger partial charge in [-0.2, -0.15) is 0 Å².